The maximum atomic E-state index is 6.16. The summed E-state index contributed by atoms with van der Waals surface area (Å²) >= 11 is 2.08. The Bertz CT molecular complexity index is 282. The Morgan fingerprint density at radius 3 is 2.79 bits per heavy atom. The predicted octanol–water partition coefficient (Wildman–Crippen LogP) is 2.59. The van der Waals surface area contributed by atoms with Gasteiger partial charge in [-0.25, -0.2) is 0 Å². The third kappa shape index (κ3) is 3.46. The zero-order chi connectivity index (χ0) is 13.1. The largest absolute Gasteiger partial charge is 0.377 e. The second kappa shape index (κ2) is 6.33. The van der Waals surface area contributed by atoms with Crippen molar-refractivity contribution in [3.8, 4) is 0 Å². The maximum Gasteiger partial charge on any atom is 0.0726 e. The van der Waals surface area contributed by atoms with Crippen molar-refractivity contribution in [1.82, 2.24) is 5.32 Å². The third-order valence-corrected chi connectivity index (χ3v) is 5.90. The van der Waals surface area contributed by atoms with Gasteiger partial charge in [-0.1, -0.05) is 0 Å². The van der Waals surface area contributed by atoms with Crippen LogP contribution in [0.3, 0.4) is 0 Å². The summed E-state index contributed by atoms with van der Waals surface area (Å²) in [6.45, 7) is 4.17. The van der Waals surface area contributed by atoms with Crippen molar-refractivity contribution in [2.45, 2.75) is 69.2 Å². The van der Waals surface area contributed by atoms with E-state index in [1.807, 2.05) is 0 Å². The molecule has 3 rings (SSSR count). The number of nitrogens with one attached hydrogen (secondary N) is 1. The van der Waals surface area contributed by atoms with Crippen LogP contribution in [-0.2, 0) is 9.47 Å². The SMILES string of the molecule is CC(NC1CCOC2(CCSCC2)C1)C1CCCO1. The summed E-state index contributed by atoms with van der Waals surface area (Å²) in [6, 6.07) is 1.11. The molecular formula is C15H27NO2S. The summed E-state index contributed by atoms with van der Waals surface area (Å²) in [4.78, 5) is 0. The summed E-state index contributed by atoms with van der Waals surface area (Å²) in [5.74, 6) is 2.54. The molecule has 0 radical (unpaired) electrons. The van der Waals surface area contributed by atoms with Gasteiger partial charge in [-0.15, -0.1) is 0 Å². The van der Waals surface area contributed by atoms with Crippen LogP contribution in [0, 0.1) is 0 Å². The molecule has 0 saturated carbocycles. The van der Waals surface area contributed by atoms with E-state index in [0.29, 0.717) is 18.2 Å². The molecule has 4 heteroatoms. The van der Waals surface area contributed by atoms with Crippen LogP contribution in [0.2, 0.25) is 0 Å². The first kappa shape index (κ1) is 14.2. The van der Waals surface area contributed by atoms with Gasteiger partial charge in [-0.3, -0.25) is 0 Å². The lowest BCUT2D eigenvalue weighted by molar-refractivity contribution is -0.0955. The van der Waals surface area contributed by atoms with E-state index in [9.17, 15) is 0 Å². The van der Waals surface area contributed by atoms with Crippen LogP contribution in [0.15, 0.2) is 0 Å². The van der Waals surface area contributed by atoms with E-state index in [1.165, 1.54) is 43.6 Å². The van der Waals surface area contributed by atoms with E-state index < -0.39 is 0 Å². The van der Waals surface area contributed by atoms with Crippen LogP contribution in [0.5, 0.6) is 0 Å². The molecule has 3 unspecified atom stereocenters. The lowest BCUT2D eigenvalue weighted by Crippen LogP contribution is -2.52. The van der Waals surface area contributed by atoms with Crippen molar-refractivity contribution in [2.75, 3.05) is 24.7 Å². The molecule has 1 N–H and O–H groups in total. The van der Waals surface area contributed by atoms with E-state index in [0.717, 1.165) is 19.6 Å². The average molecular weight is 285 g/mol. The van der Waals surface area contributed by atoms with Gasteiger partial charge in [0, 0.05) is 25.3 Å². The minimum atomic E-state index is 0.192. The fourth-order valence-corrected chi connectivity index (χ4v) is 4.97. The highest BCUT2D eigenvalue weighted by Crippen LogP contribution is 2.37. The number of thioether (sulfide) groups is 1. The van der Waals surface area contributed by atoms with E-state index in [4.69, 9.17) is 9.47 Å². The minimum Gasteiger partial charge on any atom is -0.377 e. The van der Waals surface area contributed by atoms with Gasteiger partial charge >= 0.3 is 0 Å². The lowest BCUT2D eigenvalue weighted by atomic mass is 9.85. The molecule has 0 aromatic heterocycles. The molecule has 0 amide bonds. The van der Waals surface area contributed by atoms with Crippen LogP contribution >= 0.6 is 11.8 Å². The Morgan fingerprint density at radius 2 is 2.05 bits per heavy atom. The summed E-state index contributed by atoms with van der Waals surface area (Å²) in [5, 5.41) is 3.82. The predicted molar refractivity (Wildman–Crippen MR) is 79.8 cm³/mol. The summed E-state index contributed by atoms with van der Waals surface area (Å²) in [6.07, 6.45) is 7.72. The number of ether oxygens (including phenoxy) is 2. The van der Waals surface area contributed by atoms with Gasteiger partial charge in [0.15, 0.2) is 0 Å². The summed E-state index contributed by atoms with van der Waals surface area (Å²) in [7, 11) is 0. The van der Waals surface area contributed by atoms with Gasteiger partial charge in [0.05, 0.1) is 11.7 Å². The topological polar surface area (TPSA) is 30.5 Å². The van der Waals surface area contributed by atoms with Gasteiger partial charge in [0.25, 0.3) is 0 Å². The summed E-state index contributed by atoms with van der Waals surface area (Å²) < 4.78 is 12.0. The van der Waals surface area contributed by atoms with Gasteiger partial charge < -0.3 is 14.8 Å². The molecular weight excluding hydrogens is 258 g/mol. The first-order valence-corrected chi connectivity index (χ1v) is 9.02. The van der Waals surface area contributed by atoms with Crippen molar-refractivity contribution < 1.29 is 9.47 Å². The monoisotopic (exact) mass is 285 g/mol. The first-order valence-electron chi connectivity index (χ1n) is 7.87. The molecule has 3 nitrogen and oxygen atoms in total. The van der Waals surface area contributed by atoms with Crippen molar-refractivity contribution in [2.24, 2.45) is 0 Å². The zero-order valence-electron chi connectivity index (χ0n) is 12.0. The molecule has 3 atom stereocenters. The van der Waals surface area contributed by atoms with Crippen molar-refractivity contribution in [3.05, 3.63) is 0 Å². The van der Waals surface area contributed by atoms with E-state index in [2.05, 4.69) is 24.0 Å². The molecule has 110 valence electrons. The van der Waals surface area contributed by atoms with Crippen LogP contribution in [0.25, 0.3) is 0 Å². The molecule has 3 heterocycles. The second-order valence-corrected chi connectivity index (χ2v) is 7.57. The third-order valence-electron chi connectivity index (χ3n) is 4.92. The molecule has 3 aliphatic heterocycles. The molecule has 3 aliphatic rings. The molecule has 19 heavy (non-hydrogen) atoms. The molecule has 0 bridgehead atoms. The zero-order valence-corrected chi connectivity index (χ0v) is 12.8. The Morgan fingerprint density at radius 1 is 1.21 bits per heavy atom. The van der Waals surface area contributed by atoms with Crippen molar-refractivity contribution in [3.63, 3.8) is 0 Å². The molecule has 1 spiro atoms. The average Bonchev–Trinajstić information content (AvgIpc) is 2.93. The van der Waals surface area contributed by atoms with Crippen LogP contribution < -0.4 is 5.32 Å². The molecule has 0 aromatic carbocycles. The van der Waals surface area contributed by atoms with Gasteiger partial charge in [-0.2, -0.15) is 11.8 Å². The first-order chi connectivity index (χ1) is 9.27. The highest BCUT2D eigenvalue weighted by Gasteiger charge is 2.39. The number of rotatable bonds is 3. The molecule has 3 fully saturated rings. The van der Waals surface area contributed by atoms with Crippen molar-refractivity contribution >= 4 is 11.8 Å². The number of hydrogen-bond acceptors (Lipinski definition) is 4. The Labute approximate surface area is 121 Å². The standard InChI is InChI=1S/C15H27NO2S/c1-12(14-3-2-7-17-14)16-13-4-8-18-15(11-13)5-9-19-10-6-15/h12-14,16H,2-11H2,1H3. The number of hydrogen-bond donors (Lipinski definition) is 1. The second-order valence-electron chi connectivity index (χ2n) is 6.34. The van der Waals surface area contributed by atoms with Crippen LogP contribution in [-0.4, -0.2) is 48.5 Å². The maximum absolute atomic E-state index is 6.16. The molecule has 3 saturated heterocycles. The van der Waals surface area contributed by atoms with Gasteiger partial charge in [0.2, 0.25) is 0 Å². The Hall–Kier alpha value is 0.230. The molecule has 0 aliphatic carbocycles. The molecule has 0 aromatic rings. The smallest absolute Gasteiger partial charge is 0.0726 e. The highest BCUT2D eigenvalue weighted by molar-refractivity contribution is 7.99. The lowest BCUT2D eigenvalue weighted by Gasteiger charge is -2.44. The van der Waals surface area contributed by atoms with Crippen LogP contribution in [0.4, 0.5) is 0 Å². The van der Waals surface area contributed by atoms with E-state index in [1.54, 1.807) is 0 Å². The Kier molecular flexibility index (Phi) is 4.73. The fraction of sp³-hybridized carbons (Fsp3) is 1.00. The van der Waals surface area contributed by atoms with E-state index >= 15 is 0 Å². The van der Waals surface area contributed by atoms with Gasteiger partial charge in [0.1, 0.15) is 0 Å². The van der Waals surface area contributed by atoms with E-state index in [-0.39, 0.29) is 5.60 Å². The van der Waals surface area contributed by atoms with Crippen LogP contribution in [0.1, 0.15) is 45.4 Å². The van der Waals surface area contributed by atoms with Crippen molar-refractivity contribution in [1.29, 1.82) is 0 Å². The normalized spacial score (nSPS) is 36.5. The quantitative estimate of drug-likeness (QED) is 0.863. The minimum absolute atomic E-state index is 0.192. The van der Waals surface area contributed by atoms with Gasteiger partial charge in [-0.05, 0) is 57.0 Å². The Balaban J connectivity index is 1.52. The highest BCUT2D eigenvalue weighted by atomic mass is 32.2. The fourth-order valence-electron chi connectivity index (χ4n) is 3.74. The summed E-state index contributed by atoms with van der Waals surface area (Å²) in [5.41, 5.74) is 0.192.